The van der Waals surface area contributed by atoms with Crippen LogP contribution in [0.2, 0.25) is 0 Å². The summed E-state index contributed by atoms with van der Waals surface area (Å²) in [5.74, 6) is -2.84. The summed E-state index contributed by atoms with van der Waals surface area (Å²) in [6, 6.07) is 24.7. The molecular formula is C22H19O6P. The number of hydrogen-bond donors (Lipinski definition) is 1. The van der Waals surface area contributed by atoms with Crippen LogP contribution in [0.15, 0.2) is 84.9 Å². The van der Waals surface area contributed by atoms with Crippen LogP contribution in [0.1, 0.15) is 27.0 Å². The van der Waals surface area contributed by atoms with Crippen molar-refractivity contribution in [2.75, 3.05) is 0 Å². The van der Waals surface area contributed by atoms with Crippen LogP contribution >= 0.6 is 8.69 Å². The van der Waals surface area contributed by atoms with Gasteiger partial charge in [-0.2, -0.15) is 0 Å². The lowest BCUT2D eigenvalue weighted by molar-refractivity contribution is -0.363. The second-order valence-electron chi connectivity index (χ2n) is 6.15. The molecule has 0 radical (unpaired) electrons. The van der Waals surface area contributed by atoms with Crippen molar-refractivity contribution in [2.24, 2.45) is 0 Å². The summed E-state index contributed by atoms with van der Waals surface area (Å²) in [5, 5.41) is 9.14. The molecule has 0 aliphatic heterocycles. The summed E-state index contributed by atoms with van der Waals surface area (Å²) in [7, 11) is -0.643. The predicted octanol–water partition coefficient (Wildman–Crippen LogP) is 5.15. The van der Waals surface area contributed by atoms with Crippen molar-refractivity contribution in [1.29, 1.82) is 0 Å². The highest BCUT2D eigenvalue weighted by Gasteiger charge is 2.38. The third kappa shape index (κ3) is 5.56. The van der Waals surface area contributed by atoms with E-state index in [0.717, 1.165) is 11.1 Å². The Morgan fingerprint density at radius 3 is 1.69 bits per heavy atom. The van der Waals surface area contributed by atoms with Crippen LogP contribution in [-0.4, -0.2) is 11.1 Å². The van der Waals surface area contributed by atoms with Crippen molar-refractivity contribution in [3.8, 4) is 0 Å². The SMILES string of the molecule is O=POC(OCc1ccccc1)(OCc1ccccc1)c1ccc(C(=O)O)cc1. The van der Waals surface area contributed by atoms with Gasteiger partial charge in [-0.25, -0.2) is 13.9 Å². The van der Waals surface area contributed by atoms with E-state index in [4.69, 9.17) is 19.1 Å². The molecule has 29 heavy (non-hydrogen) atoms. The molecule has 3 rings (SSSR count). The Labute approximate surface area is 170 Å². The maximum absolute atomic E-state index is 11.4. The molecule has 0 spiro atoms. The molecule has 0 fully saturated rings. The first-order chi connectivity index (χ1) is 14.1. The van der Waals surface area contributed by atoms with Crippen molar-refractivity contribution in [3.63, 3.8) is 0 Å². The van der Waals surface area contributed by atoms with E-state index in [0.29, 0.717) is 5.56 Å². The lowest BCUT2D eigenvalue weighted by atomic mass is 10.1. The van der Waals surface area contributed by atoms with Gasteiger partial charge in [0.05, 0.1) is 18.8 Å². The first-order valence-electron chi connectivity index (χ1n) is 8.83. The maximum Gasteiger partial charge on any atom is 0.335 e. The fourth-order valence-corrected chi connectivity index (χ4v) is 2.99. The molecule has 0 atom stereocenters. The number of carboxylic acids is 1. The second kappa shape index (κ2) is 10.0. The number of rotatable bonds is 10. The van der Waals surface area contributed by atoms with Crippen molar-refractivity contribution in [3.05, 3.63) is 107 Å². The number of carboxylic acid groups (broad SMARTS) is 1. The molecule has 0 aliphatic rings. The van der Waals surface area contributed by atoms with Crippen molar-refractivity contribution in [2.45, 2.75) is 19.2 Å². The molecule has 0 saturated heterocycles. The van der Waals surface area contributed by atoms with E-state index in [1.54, 1.807) is 0 Å². The standard InChI is InChI=1S/C22H19O6P/c23-21(24)19-11-13-20(14-12-19)22(28-29-25,26-15-17-7-3-1-4-8-17)27-16-18-9-5-2-6-10-18/h1-14H,15-16H2,(H,23,24). The summed E-state index contributed by atoms with van der Waals surface area (Å²) >= 11 is 0. The molecule has 0 bridgehead atoms. The molecule has 7 heteroatoms. The minimum absolute atomic E-state index is 0.105. The van der Waals surface area contributed by atoms with Gasteiger partial charge in [-0.15, -0.1) is 0 Å². The molecule has 0 saturated carbocycles. The predicted molar refractivity (Wildman–Crippen MR) is 106 cm³/mol. The van der Waals surface area contributed by atoms with Crippen molar-refractivity contribution in [1.82, 2.24) is 0 Å². The third-order valence-electron chi connectivity index (χ3n) is 4.19. The van der Waals surface area contributed by atoms with Gasteiger partial charge in [-0.05, 0) is 23.3 Å². The zero-order chi connectivity index (χ0) is 20.5. The Kier molecular flexibility index (Phi) is 7.22. The van der Waals surface area contributed by atoms with Crippen LogP contribution in [0.3, 0.4) is 0 Å². The third-order valence-corrected chi connectivity index (χ3v) is 4.50. The summed E-state index contributed by atoms with van der Waals surface area (Å²) in [4.78, 5) is 11.2. The van der Waals surface area contributed by atoms with Gasteiger partial charge in [0.15, 0.2) is 0 Å². The molecule has 0 unspecified atom stereocenters. The Hall–Kier alpha value is -2.89. The topological polar surface area (TPSA) is 82.1 Å². The zero-order valence-electron chi connectivity index (χ0n) is 15.4. The zero-order valence-corrected chi connectivity index (χ0v) is 16.3. The van der Waals surface area contributed by atoms with Gasteiger partial charge >= 0.3 is 20.6 Å². The van der Waals surface area contributed by atoms with Gasteiger partial charge in [0.1, 0.15) is 0 Å². The summed E-state index contributed by atoms with van der Waals surface area (Å²) in [6.07, 6.45) is 0. The van der Waals surface area contributed by atoms with Crippen LogP contribution < -0.4 is 0 Å². The van der Waals surface area contributed by atoms with Gasteiger partial charge < -0.3 is 14.6 Å². The minimum atomic E-state index is -1.79. The lowest BCUT2D eigenvalue weighted by Crippen LogP contribution is -2.34. The van der Waals surface area contributed by atoms with E-state index in [-0.39, 0.29) is 18.8 Å². The molecule has 3 aromatic carbocycles. The van der Waals surface area contributed by atoms with Crippen LogP contribution in [0.4, 0.5) is 0 Å². The average molecular weight is 410 g/mol. The van der Waals surface area contributed by atoms with Crippen LogP contribution in [-0.2, 0) is 37.7 Å². The highest BCUT2D eigenvalue weighted by atomic mass is 31.1. The molecule has 3 aromatic rings. The van der Waals surface area contributed by atoms with Crippen molar-refractivity contribution >= 4 is 14.7 Å². The van der Waals surface area contributed by atoms with Crippen LogP contribution in [0.5, 0.6) is 0 Å². The second-order valence-corrected chi connectivity index (χ2v) is 6.48. The van der Waals surface area contributed by atoms with E-state index in [9.17, 15) is 9.36 Å². The average Bonchev–Trinajstić information content (AvgIpc) is 2.77. The van der Waals surface area contributed by atoms with E-state index >= 15 is 0 Å². The Morgan fingerprint density at radius 2 is 1.28 bits per heavy atom. The number of hydrogen-bond acceptors (Lipinski definition) is 5. The highest BCUT2D eigenvalue weighted by molar-refractivity contribution is 7.17. The molecule has 6 nitrogen and oxygen atoms in total. The largest absolute Gasteiger partial charge is 0.478 e. The van der Waals surface area contributed by atoms with Gasteiger partial charge in [0.25, 0.3) is 0 Å². The molecular weight excluding hydrogens is 391 g/mol. The van der Waals surface area contributed by atoms with Crippen LogP contribution in [0, 0.1) is 0 Å². The minimum Gasteiger partial charge on any atom is -0.478 e. The van der Waals surface area contributed by atoms with Gasteiger partial charge in [-0.3, -0.25) is 0 Å². The summed E-state index contributed by atoms with van der Waals surface area (Å²) in [5.41, 5.74) is 2.23. The monoisotopic (exact) mass is 410 g/mol. The van der Waals surface area contributed by atoms with Gasteiger partial charge in [0, 0.05) is 5.56 Å². The first-order valence-corrected chi connectivity index (χ1v) is 9.56. The Morgan fingerprint density at radius 1 is 0.793 bits per heavy atom. The van der Waals surface area contributed by atoms with Crippen LogP contribution in [0.25, 0.3) is 0 Å². The molecule has 0 aromatic heterocycles. The van der Waals surface area contributed by atoms with E-state index in [2.05, 4.69) is 0 Å². The number of carbonyl (C=O) groups is 1. The lowest BCUT2D eigenvalue weighted by Gasteiger charge is -2.31. The normalized spacial score (nSPS) is 11.4. The first kappa shape index (κ1) is 20.8. The number of ether oxygens (including phenoxy) is 2. The quantitative estimate of drug-likeness (QED) is 0.368. The fraction of sp³-hybridized carbons (Fsp3) is 0.136. The van der Waals surface area contributed by atoms with Crippen molar-refractivity contribution < 1.29 is 28.5 Å². The van der Waals surface area contributed by atoms with E-state index in [1.807, 2.05) is 60.7 Å². The number of benzene rings is 3. The molecule has 0 heterocycles. The Bertz CT molecular complexity index is 885. The van der Waals surface area contributed by atoms with Gasteiger partial charge in [-0.1, -0.05) is 72.8 Å². The van der Waals surface area contributed by atoms with E-state index < -0.39 is 20.6 Å². The molecule has 0 amide bonds. The summed E-state index contributed by atoms with van der Waals surface area (Å²) in [6.45, 7) is 0.262. The fourth-order valence-electron chi connectivity index (χ4n) is 2.68. The molecule has 148 valence electrons. The smallest absolute Gasteiger partial charge is 0.335 e. The maximum atomic E-state index is 11.4. The number of aromatic carboxylic acids is 1. The van der Waals surface area contributed by atoms with E-state index in [1.165, 1.54) is 24.3 Å². The highest BCUT2D eigenvalue weighted by Crippen LogP contribution is 2.35. The molecule has 0 aliphatic carbocycles. The Balaban J connectivity index is 1.91. The molecule has 1 N–H and O–H groups in total. The summed E-state index contributed by atoms with van der Waals surface area (Å²) < 4.78 is 28.7. The van der Waals surface area contributed by atoms with Gasteiger partial charge in [0.2, 0.25) is 0 Å².